The van der Waals surface area contributed by atoms with Gasteiger partial charge in [-0.2, -0.15) is 5.10 Å². The fourth-order valence-corrected chi connectivity index (χ4v) is 2.38. The standard InChI is InChI=1S/C17H23BN2O3/c1-16(2)17(3,4)23-18(22-16)14-12-19-20(13-14)10-11-21-15-8-6-5-7-9-15/h5-9,12-13H,10-11H2,1-4H3. The molecule has 1 aliphatic heterocycles. The number of aromatic nitrogens is 2. The number of hydrogen-bond acceptors (Lipinski definition) is 4. The Balaban J connectivity index is 1.57. The van der Waals surface area contributed by atoms with Crippen molar-refractivity contribution in [2.45, 2.75) is 45.4 Å². The summed E-state index contributed by atoms with van der Waals surface area (Å²) in [7, 11) is -0.371. The molecule has 1 aromatic carbocycles. The van der Waals surface area contributed by atoms with E-state index in [1.807, 2.05) is 68.9 Å². The van der Waals surface area contributed by atoms with Crippen LogP contribution in [0.4, 0.5) is 0 Å². The maximum absolute atomic E-state index is 6.03. The maximum Gasteiger partial charge on any atom is 0.498 e. The predicted octanol–water partition coefficient (Wildman–Crippen LogP) is 2.26. The number of hydrogen-bond donors (Lipinski definition) is 0. The van der Waals surface area contributed by atoms with Gasteiger partial charge < -0.3 is 14.0 Å². The Morgan fingerprint density at radius 2 is 1.74 bits per heavy atom. The van der Waals surface area contributed by atoms with Gasteiger partial charge in [0.25, 0.3) is 0 Å². The van der Waals surface area contributed by atoms with Crippen LogP contribution in [-0.2, 0) is 15.9 Å². The van der Waals surface area contributed by atoms with Crippen molar-refractivity contribution in [1.82, 2.24) is 9.78 Å². The van der Waals surface area contributed by atoms with Crippen LogP contribution < -0.4 is 10.2 Å². The fourth-order valence-electron chi connectivity index (χ4n) is 2.38. The summed E-state index contributed by atoms with van der Waals surface area (Å²) in [6, 6.07) is 9.77. The minimum atomic E-state index is -0.371. The van der Waals surface area contributed by atoms with Crippen LogP contribution in [0, 0.1) is 0 Å². The Morgan fingerprint density at radius 3 is 2.39 bits per heavy atom. The molecule has 2 heterocycles. The molecule has 5 nitrogen and oxygen atoms in total. The molecule has 23 heavy (non-hydrogen) atoms. The van der Waals surface area contributed by atoms with Gasteiger partial charge in [-0.1, -0.05) is 18.2 Å². The monoisotopic (exact) mass is 314 g/mol. The maximum atomic E-state index is 6.03. The van der Waals surface area contributed by atoms with Crippen molar-refractivity contribution in [2.75, 3.05) is 6.61 Å². The molecule has 1 saturated heterocycles. The molecule has 0 amide bonds. The van der Waals surface area contributed by atoms with Crippen LogP contribution in [0.15, 0.2) is 42.7 Å². The van der Waals surface area contributed by atoms with E-state index < -0.39 is 0 Å². The Kier molecular flexibility index (Phi) is 4.21. The molecular weight excluding hydrogens is 291 g/mol. The summed E-state index contributed by atoms with van der Waals surface area (Å²) in [6.07, 6.45) is 3.75. The molecule has 0 atom stereocenters. The van der Waals surface area contributed by atoms with Crippen molar-refractivity contribution in [3.05, 3.63) is 42.7 Å². The Hall–Kier alpha value is -1.79. The Bertz CT molecular complexity index is 639. The van der Waals surface area contributed by atoms with Crippen molar-refractivity contribution >= 4 is 12.6 Å². The van der Waals surface area contributed by atoms with E-state index in [0.717, 1.165) is 11.2 Å². The van der Waals surface area contributed by atoms with Gasteiger partial charge in [-0.25, -0.2) is 0 Å². The highest BCUT2D eigenvalue weighted by Crippen LogP contribution is 2.36. The van der Waals surface area contributed by atoms with Gasteiger partial charge in [-0.15, -0.1) is 0 Å². The van der Waals surface area contributed by atoms with E-state index in [2.05, 4.69) is 5.10 Å². The molecule has 1 aromatic heterocycles. The first-order valence-corrected chi connectivity index (χ1v) is 7.93. The second-order valence-corrected chi connectivity index (χ2v) is 6.79. The van der Waals surface area contributed by atoms with Crippen LogP contribution in [0.5, 0.6) is 5.75 Å². The Labute approximate surface area is 137 Å². The second-order valence-electron chi connectivity index (χ2n) is 6.79. The van der Waals surface area contributed by atoms with Gasteiger partial charge in [0.1, 0.15) is 12.4 Å². The average molecular weight is 314 g/mol. The number of para-hydroxylation sites is 1. The molecule has 0 bridgehead atoms. The zero-order valence-electron chi connectivity index (χ0n) is 14.2. The van der Waals surface area contributed by atoms with Gasteiger partial charge in [0.15, 0.2) is 0 Å². The van der Waals surface area contributed by atoms with Gasteiger partial charge in [-0.05, 0) is 39.8 Å². The lowest BCUT2D eigenvalue weighted by molar-refractivity contribution is 0.00578. The van der Waals surface area contributed by atoms with E-state index >= 15 is 0 Å². The van der Waals surface area contributed by atoms with Gasteiger partial charge in [0, 0.05) is 17.9 Å². The predicted molar refractivity (Wildman–Crippen MR) is 89.9 cm³/mol. The molecule has 0 N–H and O–H groups in total. The molecule has 3 rings (SSSR count). The summed E-state index contributed by atoms with van der Waals surface area (Å²) in [5, 5.41) is 4.36. The number of benzene rings is 1. The minimum absolute atomic E-state index is 0.337. The summed E-state index contributed by atoms with van der Waals surface area (Å²) in [5.74, 6) is 0.867. The van der Waals surface area contributed by atoms with Crippen LogP contribution >= 0.6 is 0 Å². The van der Waals surface area contributed by atoms with Crippen LogP contribution in [-0.4, -0.2) is 34.7 Å². The molecule has 0 aliphatic carbocycles. The van der Waals surface area contributed by atoms with Gasteiger partial charge in [0.05, 0.1) is 17.7 Å². The molecular formula is C17H23BN2O3. The highest BCUT2D eigenvalue weighted by Gasteiger charge is 2.52. The fraction of sp³-hybridized carbons (Fsp3) is 0.471. The number of ether oxygens (including phenoxy) is 1. The molecule has 6 heteroatoms. The molecule has 0 unspecified atom stereocenters. The van der Waals surface area contributed by atoms with Crippen molar-refractivity contribution in [2.24, 2.45) is 0 Å². The second kappa shape index (κ2) is 6.02. The zero-order chi connectivity index (χ0) is 16.5. The number of nitrogens with zero attached hydrogens (tertiary/aromatic N) is 2. The lowest BCUT2D eigenvalue weighted by Gasteiger charge is -2.32. The van der Waals surface area contributed by atoms with Crippen molar-refractivity contribution in [1.29, 1.82) is 0 Å². The molecule has 0 saturated carbocycles. The Morgan fingerprint density at radius 1 is 1.09 bits per heavy atom. The third-order valence-corrected chi connectivity index (χ3v) is 4.51. The van der Waals surface area contributed by atoms with Crippen molar-refractivity contribution < 1.29 is 14.0 Å². The quantitative estimate of drug-likeness (QED) is 0.794. The lowest BCUT2D eigenvalue weighted by Crippen LogP contribution is -2.41. The van der Waals surface area contributed by atoms with E-state index in [-0.39, 0.29) is 18.3 Å². The average Bonchev–Trinajstić information content (AvgIpc) is 3.03. The van der Waals surface area contributed by atoms with Gasteiger partial charge in [0.2, 0.25) is 0 Å². The van der Waals surface area contributed by atoms with Crippen molar-refractivity contribution in [3.63, 3.8) is 0 Å². The highest BCUT2D eigenvalue weighted by molar-refractivity contribution is 6.61. The van der Waals surface area contributed by atoms with Gasteiger partial charge >= 0.3 is 7.12 Å². The summed E-state index contributed by atoms with van der Waals surface area (Å²) in [6.45, 7) is 9.43. The molecule has 122 valence electrons. The SMILES string of the molecule is CC1(C)OB(c2cnn(CCOc3ccccc3)c2)OC1(C)C. The number of rotatable bonds is 5. The lowest BCUT2D eigenvalue weighted by atomic mass is 9.82. The third-order valence-electron chi connectivity index (χ3n) is 4.51. The largest absolute Gasteiger partial charge is 0.498 e. The van der Waals surface area contributed by atoms with Gasteiger partial charge in [-0.3, -0.25) is 4.68 Å². The normalized spacial score (nSPS) is 19.0. The van der Waals surface area contributed by atoms with Crippen LogP contribution in [0.25, 0.3) is 0 Å². The summed E-state index contributed by atoms with van der Waals surface area (Å²) in [4.78, 5) is 0. The van der Waals surface area contributed by atoms with Crippen LogP contribution in [0.3, 0.4) is 0 Å². The van der Waals surface area contributed by atoms with Crippen LogP contribution in [0.1, 0.15) is 27.7 Å². The minimum Gasteiger partial charge on any atom is -0.492 e. The molecule has 1 fully saturated rings. The molecule has 2 aromatic rings. The highest BCUT2D eigenvalue weighted by atomic mass is 16.7. The summed E-state index contributed by atoms with van der Waals surface area (Å²) in [5.41, 5.74) is 0.259. The first kappa shape index (κ1) is 16.1. The van der Waals surface area contributed by atoms with E-state index in [4.69, 9.17) is 14.0 Å². The topological polar surface area (TPSA) is 45.5 Å². The first-order chi connectivity index (χ1) is 10.9. The summed E-state index contributed by atoms with van der Waals surface area (Å²) >= 11 is 0. The van der Waals surface area contributed by atoms with Crippen molar-refractivity contribution in [3.8, 4) is 5.75 Å². The van der Waals surface area contributed by atoms with E-state index in [0.29, 0.717) is 13.2 Å². The van der Waals surface area contributed by atoms with E-state index in [1.165, 1.54) is 0 Å². The molecule has 0 spiro atoms. The third kappa shape index (κ3) is 3.43. The first-order valence-electron chi connectivity index (χ1n) is 7.93. The van der Waals surface area contributed by atoms with E-state index in [1.54, 1.807) is 6.20 Å². The zero-order valence-corrected chi connectivity index (χ0v) is 14.2. The smallest absolute Gasteiger partial charge is 0.492 e. The summed E-state index contributed by atoms with van der Waals surface area (Å²) < 4.78 is 19.6. The van der Waals surface area contributed by atoms with E-state index in [9.17, 15) is 0 Å². The molecule has 1 aliphatic rings. The molecule has 0 radical (unpaired) electrons. The van der Waals surface area contributed by atoms with Crippen LogP contribution in [0.2, 0.25) is 0 Å².